The fraction of sp³-hybridized carbons (Fsp3) is 0.500. The van der Waals surface area contributed by atoms with Gasteiger partial charge in [0.05, 0.1) is 19.2 Å². The molecule has 2 N–H and O–H groups in total. The second kappa shape index (κ2) is 7.13. The van der Waals surface area contributed by atoms with E-state index in [4.69, 9.17) is 0 Å². The highest BCUT2D eigenvalue weighted by atomic mass is 16.3. The number of nitrogens with one attached hydrogen (secondary N) is 1. The molecule has 0 fully saturated rings. The molecule has 1 aromatic rings. The topological polar surface area (TPSA) is 52.6 Å². The number of hydrogen-bond donors (Lipinski definition) is 2. The first-order valence-corrected chi connectivity index (χ1v) is 6.25. The van der Waals surface area contributed by atoms with Crippen molar-refractivity contribution in [1.29, 1.82) is 0 Å². The summed E-state index contributed by atoms with van der Waals surface area (Å²) in [5.74, 6) is 0.00571. The smallest absolute Gasteiger partial charge is 0.236 e. The molecule has 0 spiro atoms. The number of carbonyl (C=O) groups excluding carboxylic acids is 1. The third-order valence-electron chi connectivity index (χ3n) is 2.92. The van der Waals surface area contributed by atoms with Crippen LogP contribution in [0.5, 0.6) is 0 Å². The summed E-state index contributed by atoms with van der Waals surface area (Å²) in [6.45, 7) is 5.15. The van der Waals surface area contributed by atoms with E-state index in [-0.39, 0.29) is 5.91 Å². The third kappa shape index (κ3) is 4.13. The number of aliphatic hydroxyl groups is 1. The molecule has 1 aromatic carbocycles. The molecule has 4 nitrogen and oxygen atoms in total. The molecule has 0 radical (unpaired) electrons. The maximum Gasteiger partial charge on any atom is 0.236 e. The van der Waals surface area contributed by atoms with Crippen molar-refractivity contribution < 1.29 is 9.90 Å². The second-order valence-corrected chi connectivity index (χ2v) is 4.39. The van der Waals surface area contributed by atoms with Crippen molar-refractivity contribution in [3.63, 3.8) is 0 Å². The second-order valence-electron chi connectivity index (χ2n) is 4.39. The van der Waals surface area contributed by atoms with Gasteiger partial charge in [-0.15, -0.1) is 0 Å². The number of rotatable bonds is 6. The van der Waals surface area contributed by atoms with Crippen LogP contribution in [0.2, 0.25) is 0 Å². The number of likely N-dealkylation sites (N-methyl/N-ethyl adjacent to an activating group) is 2. The highest BCUT2D eigenvalue weighted by Crippen LogP contribution is 2.15. The van der Waals surface area contributed by atoms with Gasteiger partial charge in [-0.2, -0.15) is 0 Å². The average Bonchev–Trinajstić information content (AvgIpc) is 2.36. The van der Waals surface area contributed by atoms with Crippen LogP contribution in [0.15, 0.2) is 24.3 Å². The van der Waals surface area contributed by atoms with Crippen LogP contribution in [0.4, 0.5) is 0 Å². The van der Waals surface area contributed by atoms with E-state index in [1.807, 2.05) is 38.1 Å². The van der Waals surface area contributed by atoms with Gasteiger partial charge in [0.25, 0.3) is 0 Å². The molecule has 18 heavy (non-hydrogen) atoms. The normalized spacial score (nSPS) is 12.2. The Kier molecular flexibility index (Phi) is 5.82. The fourth-order valence-corrected chi connectivity index (χ4v) is 1.77. The Labute approximate surface area is 109 Å². The van der Waals surface area contributed by atoms with Crippen LogP contribution in [0, 0.1) is 6.92 Å². The number of hydrogen-bond acceptors (Lipinski definition) is 3. The summed E-state index contributed by atoms with van der Waals surface area (Å²) in [5.41, 5.74) is 2.00. The molecule has 100 valence electrons. The number of aryl methyl sites for hydroxylation is 1. The first kappa shape index (κ1) is 14.7. The van der Waals surface area contributed by atoms with Gasteiger partial charge in [0.2, 0.25) is 5.91 Å². The van der Waals surface area contributed by atoms with Gasteiger partial charge in [0.15, 0.2) is 0 Å². The largest absolute Gasteiger partial charge is 0.387 e. The summed E-state index contributed by atoms with van der Waals surface area (Å²) in [6.07, 6.45) is -0.633. The van der Waals surface area contributed by atoms with E-state index in [1.165, 1.54) is 0 Å². The summed E-state index contributed by atoms with van der Waals surface area (Å²) < 4.78 is 0. The molecule has 0 saturated carbocycles. The Morgan fingerprint density at radius 3 is 2.50 bits per heavy atom. The molecule has 1 atom stereocenters. The Bertz CT molecular complexity index is 376. The van der Waals surface area contributed by atoms with Crippen molar-refractivity contribution in [2.45, 2.75) is 20.0 Å². The number of benzene rings is 1. The molecule has 1 rings (SSSR count). The minimum absolute atomic E-state index is 0.00571. The monoisotopic (exact) mass is 250 g/mol. The van der Waals surface area contributed by atoms with Crippen LogP contribution in [0.1, 0.15) is 24.2 Å². The molecule has 0 aromatic heterocycles. The molecule has 0 bridgehead atoms. The third-order valence-corrected chi connectivity index (χ3v) is 2.92. The highest BCUT2D eigenvalue weighted by Gasteiger charge is 2.16. The Morgan fingerprint density at radius 1 is 1.39 bits per heavy atom. The summed E-state index contributed by atoms with van der Waals surface area (Å²) in [6, 6.07) is 7.72. The lowest BCUT2D eigenvalue weighted by Gasteiger charge is -2.24. The zero-order valence-electron chi connectivity index (χ0n) is 11.3. The number of amides is 1. The van der Waals surface area contributed by atoms with Gasteiger partial charge >= 0.3 is 0 Å². The maximum absolute atomic E-state index is 11.7. The standard InChI is InChI=1S/C14H22N2O2/c1-4-16(14(18)9-15-3)10-13(17)12-7-5-11(2)6-8-12/h5-8,13,15,17H,4,9-10H2,1-3H3. The summed E-state index contributed by atoms with van der Waals surface area (Å²) in [4.78, 5) is 13.4. The van der Waals surface area contributed by atoms with E-state index < -0.39 is 6.10 Å². The van der Waals surface area contributed by atoms with E-state index in [2.05, 4.69) is 5.32 Å². The lowest BCUT2D eigenvalue weighted by molar-refractivity contribution is -0.131. The maximum atomic E-state index is 11.7. The Balaban J connectivity index is 2.64. The average molecular weight is 250 g/mol. The SMILES string of the molecule is CCN(CC(O)c1ccc(C)cc1)C(=O)CNC. The van der Waals surface area contributed by atoms with Crippen LogP contribution < -0.4 is 5.32 Å². The first-order chi connectivity index (χ1) is 8.58. The van der Waals surface area contributed by atoms with E-state index in [9.17, 15) is 9.90 Å². The minimum atomic E-state index is -0.633. The molecule has 4 heteroatoms. The van der Waals surface area contributed by atoms with Gasteiger partial charge < -0.3 is 15.3 Å². The zero-order chi connectivity index (χ0) is 13.5. The lowest BCUT2D eigenvalue weighted by Crippen LogP contribution is -2.39. The van der Waals surface area contributed by atoms with Gasteiger partial charge in [-0.1, -0.05) is 29.8 Å². The first-order valence-electron chi connectivity index (χ1n) is 6.25. The van der Waals surface area contributed by atoms with Gasteiger partial charge in [-0.3, -0.25) is 4.79 Å². The van der Waals surface area contributed by atoms with Gasteiger partial charge in [0.1, 0.15) is 0 Å². The molecular weight excluding hydrogens is 228 g/mol. The van der Waals surface area contributed by atoms with E-state index in [1.54, 1.807) is 11.9 Å². The Morgan fingerprint density at radius 2 is 2.00 bits per heavy atom. The van der Waals surface area contributed by atoms with Gasteiger partial charge in [-0.05, 0) is 26.5 Å². The molecule has 0 heterocycles. The predicted octanol–water partition coefficient (Wildman–Crippen LogP) is 1.10. The summed E-state index contributed by atoms with van der Waals surface area (Å²) in [7, 11) is 1.74. The highest BCUT2D eigenvalue weighted by molar-refractivity contribution is 5.78. The molecule has 0 aliphatic rings. The van der Waals surface area contributed by atoms with Crippen LogP contribution in [0.3, 0.4) is 0 Å². The van der Waals surface area contributed by atoms with Gasteiger partial charge in [-0.25, -0.2) is 0 Å². The quantitative estimate of drug-likeness (QED) is 0.795. The van der Waals surface area contributed by atoms with Crippen LogP contribution in [-0.4, -0.2) is 42.6 Å². The minimum Gasteiger partial charge on any atom is -0.387 e. The van der Waals surface area contributed by atoms with Crippen molar-refractivity contribution in [1.82, 2.24) is 10.2 Å². The van der Waals surface area contributed by atoms with Crippen LogP contribution >= 0.6 is 0 Å². The zero-order valence-corrected chi connectivity index (χ0v) is 11.3. The fourth-order valence-electron chi connectivity index (χ4n) is 1.77. The molecule has 0 aliphatic heterocycles. The van der Waals surface area contributed by atoms with Crippen molar-refractivity contribution in [2.24, 2.45) is 0 Å². The molecule has 0 saturated heterocycles. The van der Waals surface area contributed by atoms with E-state index in [0.29, 0.717) is 19.6 Å². The van der Waals surface area contributed by atoms with Crippen molar-refractivity contribution in [2.75, 3.05) is 26.7 Å². The Hall–Kier alpha value is -1.39. The molecule has 1 unspecified atom stereocenters. The van der Waals surface area contributed by atoms with Crippen molar-refractivity contribution in [3.8, 4) is 0 Å². The van der Waals surface area contributed by atoms with Crippen molar-refractivity contribution >= 4 is 5.91 Å². The van der Waals surface area contributed by atoms with E-state index >= 15 is 0 Å². The van der Waals surface area contributed by atoms with Gasteiger partial charge in [0, 0.05) is 6.54 Å². The number of carbonyl (C=O) groups is 1. The molecule has 0 aliphatic carbocycles. The van der Waals surface area contributed by atoms with Crippen molar-refractivity contribution in [3.05, 3.63) is 35.4 Å². The van der Waals surface area contributed by atoms with Crippen LogP contribution in [0.25, 0.3) is 0 Å². The lowest BCUT2D eigenvalue weighted by atomic mass is 10.1. The van der Waals surface area contributed by atoms with E-state index in [0.717, 1.165) is 11.1 Å². The van der Waals surface area contributed by atoms with Crippen LogP contribution in [-0.2, 0) is 4.79 Å². The predicted molar refractivity (Wildman–Crippen MR) is 72.3 cm³/mol. The number of aliphatic hydroxyl groups excluding tert-OH is 1. The molecule has 1 amide bonds. The summed E-state index contributed by atoms with van der Waals surface area (Å²) >= 11 is 0. The molecular formula is C14H22N2O2. The summed E-state index contributed by atoms with van der Waals surface area (Å²) in [5, 5.41) is 12.9. The number of nitrogens with zero attached hydrogens (tertiary/aromatic N) is 1.